The molecule has 122 valence electrons. The van der Waals surface area contributed by atoms with Crippen LogP contribution in [0.2, 0.25) is 0 Å². The van der Waals surface area contributed by atoms with Gasteiger partial charge in [-0.05, 0) is 24.6 Å². The molecule has 3 atom stereocenters. The summed E-state index contributed by atoms with van der Waals surface area (Å²) in [6.45, 7) is 1.51. The van der Waals surface area contributed by atoms with E-state index >= 15 is 0 Å². The lowest BCUT2D eigenvalue weighted by atomic mass is 9.66. The summed E-state index contributed by atoms with van der Waals surface area (Å²) in [5, 5.41) is 16.0. The lowest BCUT2D eigenvalue weighted by Crippen LogP contribution is -2.49. The van der Waals surface area contributed by atoms with E-state index in [-0.39, 0.29) is 6.42 Å². The first kappa shape index (κ1) is 15.5. The number of methoxy groups -OCH3 is 1. The lowest BCUT2D eigenvalue weighted by Gasteiger charge is -2.40. The Bertz CT molecular complexity index is 808. The Morgan fingerprint density at radius 2 is 2.17 bits per heavy atom. The molecule has 0 saturated carbocycles. The zero-order chi connectivity index (χ0) is 16.8. The molecule has 3 rings (SSSR count). The summed E-state index contributed by atoms with van der Waals surface area (Å²) in [4.78, 5) is 24.5. The highest BCUT2D eigenvalue weighted by molar-refractivity contribution is 5.77. The average Bonchev–Trinajstić information content (AvgIpc) is 2.84. The smallest absolute Gasteiger partial charge is 0.312 e. The summed E-state index contributed by atoms with van der Waals surface area (Å²) < 4.78 is 18.5. The zero-order valence-corrected chi connectivity index (χ0v) is 12.7. The molecule has 0 radical (unpaired) electrons. The standard InChI is InChI=1S/C16H17FN2O4/c1-16(22)7-10-12(14(20)19-18-10)11(13(16)15(21)23-2)8-4-3-5-9(17)6-8/h3-6,11,13,22H,7H2,1-2H3,(H2,18,19,20)/t11-,13+,16-/m1/s1. The Morgan fingerprint density at radius 3 is 2.83 bits per heavy atom. The molecule has 2 aromatic rings. The molecule has 0 unspecified atom stereocenters. The minimum absolute atomic E-state index is 0.0899. The molecule has 6 nitrogen and oxygen atoms in total. The molecule has 1 aromatic carbocycles. The number of hydrogen-bond donors (Lipinski definition) is 3. The number of carbonyl (C=O) groups is 1. The van der Waals surface area contributed by atoms with E-state index < -0.39 is 34.8 Å². The van der Waals surface area contributed by atoms with Gasteiger partial charge in [-0.15, -0.1) is 0 Å². The minimum Gasteiger partial charge on any atom is -0.469 e. The summed E-state index contributed by atoms with van der Waals surface area (Å²) >= 11 is 0. The van der Waals surface area contributed by atoms with Crippen LogP contribution in [0.25, 0.3) is 0 Å². The molecule has 0 saturated heterocycles. The van der Waals surface area contributed by atoms with Crippen molar-refractivity contribution in [1.82, 2.24) is 10.2 Å². The van der Waals surface area contributed by atoms with Crippen molar-refractivity contribution in [2.75, 3.05) is 7.11 Å². The molecule has 1 aliphatic carbocycles. The van der Waals surface area contributed by atoms with Gasteiger partial charge in [-0.1, -0.05) is 12.1 Å². The molecule has 0 amide bonds. The number of carbonyl (C=O) groups excluding carboxylic acids is 1. The van der Waals surface area contributed by atoms with E-state index in [1.54, 1.807) is 6.07 Å². The number of aliphatic hydroxyl groups is 1. The van der Waals surface area contributed by atoms with Crippen molar-refractivity contribution in [3.8, 4) is 0 Å². The largest absolute Gasteiger partial charge is 0.469 e. The van der Waals surface area contributed by atoms with Gasteiger partial charge in [-0.2, -0.15) is 0 Å². The summed E-state index contributed by atoms with van der Waals surface area (Å²) in [7, 11) is 1.22. The van der Waals surface area contributed by atoms with E-state index in [9.17, 15) is 19.1 Å². The first-order valence-electron chi connectivity index (χ1n) is 7.20. The van der Waals surface area contributed by atoms with Gasteiger partial charge in [0.25, 0.3) is 5.56 Å². The molecule has 3 N–H and O–H groups in total. The fraction of sp³-hybridized carbons (Fsp3) is 0.375. The summed E-state index contributed by atoms with van der Waals surface area (Å²) in [5.74, 6) is -2.94. The molecule has 1 heterocycles. The average molecular weight is 320 g/mol. The number of hydrogen-bond acceptors (Lipinski definition) is 4. The lowest BCUT2D eigenvalue weighted by molar-refractivity contribution is -0.156. The molecule has 0 aliphatic heterocycles. The van der Waals surface area contributed by atoms with Crippen LogP contribution in [0.15, 0.2) is 29.1 Å². The molecule has 0 bridgehead atoms. The first-order chi connectivity index (χ1) is 10.8. The van der Waals surface area contributed by atoms with E-state index in [1.807, 2.05) is 0 Å². The van der Waals surface area contributed by atoms with Crippen LogP contribution in [0, 0.1) is 11.7 Å². The number of nitrogens with one attached hydrogen (secondary N) is 2. The van der Waals surface area contributed by atoms with Gasteiger partial charge in [0.05, 0.1) is 18.6 Å². The number of aromatic amines is 2. The van der Waals surface area contributed by atoms with Crippen LogP contribution in [0.4, 0.5) is 4.39 Å². The van der Waals surface area contributed by atoms with Crippen molar-refractivity contribution in [3.63, 3.8) is 0 Å². The fourth-order valence-corrected chi connectivity index (χ4v) is 3.44. The van der Waals surface area contributed by atoms with Crippen molar-refractivity contribution >= 4 is 5.97 Å². The molecule has 23 heavy (non-hydrogen) atoms. The van der Waals surface area contributed by atoms with Crippen molar-refractivity contribution in [1.29, 1.82) is 0 Å². The molecule has 0 spiro atoms. The monoisotopic (exact) mass is 320 g/mol. The van der Waals surface area contributed by atoms with Crippen LogP contribution < -0.4 is 5.56 Å². The second-order valence-electron chi connectivity index (χ2n) is 6.04. The highest BCUT2D eigenvalue weighted by Gasteiger charge is 2.51. The first-order valence-corrected chi connectivity index (χ1v) is 7.20. The van der Waals surface area contributed by atoms with Gasteiger partial charge in [0, 0.05) is 23.6 Å². The third kappa shape index (κ3) is 2.46. The highest BCUT2D eigenvalue weighted by Crippen LogP contribution is 2.44. The second kappa shape index (κ2) is 5.34. The highest BCUT2D eigenvalue weighted by atomic mass is 19.1. The van der Waals surface area contributed by atoms with Crippen molar-refractivity contribution < 1.29 is 19.0 Å². The third-order valence-corrected chi connectivity index (χ3v) is 4.41. The van der Waals surface area contributed by atoms with Crippen LogP contribution in [-0.4, -0.2) is 34.0 Å². The van der Waals surface area contributed by atoms with E-state index in [0.29, 0.717) is 16.8 Å². The normalized spacial score (nSPS) is 26.6. The van der Waals surface area contributed by atoms with Gasteiger partial charge in [0.15, 0.2) is 0 Å². The topological polar surface area (TPSA) is 95.2 Å². The summed E-state index contributed by atoms with van der Waals surface area (Å²) in [5.41, 5.74) is -0.556. The summed E-state index contributed by atoms with van der Waals surface area (Å²) in [6.07, 6.45) is 0.0899. The third-order valence-electron chi connectivity index (χ3n) is 4.41. The molecule has 1 aliphatic rings. The van der Waals surface area contributed by atoms with Gasteiger partial charge in [-0.25, -0.2) is 4.39 Å². The number of esters is 1. The number of halogens is 1. The van der Waals surface area contributed by atoms with Crippen molar-refractivity contribution in [2.45, 2.75) is 24.9 Å². The van der Waals surface area contributed by atoms with Crippen LogP contribution in [0.5, 0.6) is 0 Å². The Labute approximate surface area is 131 Å². The van der Waals surface area contributed by atoms with Gasteiger partial charge >= 0.3 is 5.97 Å². The Hall–Kier alpha value is -2.41. The SMILES string of the molecule is COC(=O)[C@@H]1[C@H](c2cccc(F)c2)c2c([nH][nH]c2=O)C[C@@]1(C)O. The number of benzene rings is 1. The second-order valence-corrected chi connectivity index (χ2v) is 6.04. The van der Waals surface area contributed by atoms with E-state index in [4.69, 9.17) is 4.74 Å². The minimum atomic E-state index is -1.44. The quantitative estimate of drug-likeness (QED) is 0.721. The number of aromatic nitrogens is 2. The maximum absolute atomic E-state index is 13.7. The molecule has 1 aromatic heterocycles. The van der Waals surface area contributed by atoms with Crippen LogP contribution in [0.3, 0.4) is 0 Å². The molecule has 0 fully saturated rings. The Balaban J connectivity index is 2.26. The van der Waals surface area contributed by atoms with E-state index in [2.05, 4.69) is 10.2 Å². The van der Waals surface area contributed by atoms with Gasteiger partial charge < -0.3 is 14.9 Å². The Kier molecular flexibility index (Phi) is 3.60. The van der Waals surface area contributed by atoms with E-state index in [1.165, 1.54) is 32.2 Å². The van der Waals surface area contributed by atoms with Gasteiger partial charge in [0.2, 0.25) is 0 Å². The Morgan fingerprint density at radius 1 is 1.43 bits per heavy atom. The van der Waals surface area contributed by atoms with E-state index in [0.717, 1.165) is 0 Å². The summed E-state index contributed by atoms with van der Waals surface area (Å²) in [6, 6.07) is 5.67. The molecular weight excluding hydrogens is 303 g/mol. The van der Waals surface area contributed by atoms with Gasteiger partial charge in [0.1, 0.15) is 5.82 Å². The number of ether oxygens (including phenoxy) is 1. The maximum Gasteiger partial charge on any atom is 0.312 e. The van der Waals surface area contributed by atoms with Crippen LogP contribution in [0.1, 0.15) is 29.7 Å². The van der Waals surface area contributed by atoms with Gasteiger partial charge in [-0.3, -0.25) is 14.7 Å². The maximum atomic E-state index is 13.7. The molecular formula is C16H17FN2O4. The predicted octanol–water partition coefficient (Wildman–Crippen LogP) is 1.07. The zero-order valence-electron chi connectivity index (χ0n) is 12.7. The number of H-pyrrole nitrogens is 2. The fourth-order valence-electron chi connectivity index (χ4n) is 3.44. The molecule has 7 heteroatoms. The van der Waals surface area contributed by atoms with Crippen LogP contribution in [-0.2, 0) is 16.0 Å². The van der Waals surface area contributed by atoms with Crippen molar-refractivity contribution in [2.24, 2.45) is 5.92 Å². The van der Waals surface area contributed by atoms with Crippen molar-refractivity contribution in [3.05, 3.63) is 57.3 Å². The predicted molar refractivity (Wildman–Crippen MR) is 79.5 cm³/mol. The number of rotatable bonds is 2. The number of fused-ring (bicyclic) bond motifs is 1. The van der Waals surface area contributed by atoms with Crippen LogP contribution >= 0.6 is 0 Å².